The summed E-state index contributed by atoms with van der Waals surface area (Å²) in [6.07, 6.45) is 2.26. The van der Waals surface area contributed by atoms with E-state index in [1.54, 1.807) is 12.4 Å². The van der Waals surface area contributed by atoms with Crippen LogP contribution in [0, 0.1) is 16.7 Å². The van der Waals surface area contributed by atoms with E-state index < -0.39 is 41.8 Å². The van der Waals surface area contributed by atoms with E-state index in [2.05, 4.69) is 32.4 Å². The number of hydrogen-bond donors (Lipinski definition) is 6. The molecule has 0 saturated carbocycles. The monoisotopic (exact) mass is 559 g/mol. The van der Waals surface area contributed by atoms with Gasteiger partial charge in [-0.1, -0.05) is 45.1 Å². The van der Waals surface area contributed by atoms with Crippen LogP contribution in [0.4, 0.5) is 0 Å². The van der Waals surface area contributed by atoms with Crippen LogP contribution in [-0.4, -0.2) is 68.8 Å². The van der Waals surface area contributed by atoms with Gasteiger partial charge in [0.25, 0.3) is 0 Å². The van der Waals surface area contributed by atoms with Crippen LogP contribution in [0.3, 0.4) is 0 Å². The molecule has 4 unspecified atom stereocenters. The molecule has 3 rings (SSSR count). The molecule has 0 spiro atoms. The average Bonchev–Trinajstić information content (AvgIpc) is 3.23. The van der Waals surface area contributed by atoms with Crippen molar-refractivity contribution in [2.75, 3.05) is 13.7 Å². The Kier molecular flexibility index (Phi) is 8.46. The van der Waals surface area contributed by atoms with E-state index in [4.69, 9.17) is 10.5 Å². The lowest BCUT2D eigenvalue weighted by molar-refractivity contribution is -0.188. The second-order valence-electron chi connectivity index (χ2n) is 7.84. The van der Waals surface area contributed by atoms with E-state index in [0.717, 1.165) is 20.7 Å². The minimum absolute atomic E-state index is 0.219. The summed E-state index contributed by atoms with van der Waals surface area (Å²) >= 11 is 5.66. The van der Waals surface area contributed by atoms with Crippen LogP contribution < -0.4 is 16.0 Å². The number of nitrogens with zero attached hydrogens (tertiary/aromatic N) is 2. The number of aromatic amines is 1. The van der Waals surface area contributed by atoms with Crippen molar-refractivity contribution in [3.63, 3.8) is 0 Å². The molecule has 2 aliphatic rings. The van der Waals surface area contributed by atoms with Gasteiger partial charge < -0.3 is 35.8 Å². The molecule has 2 heterocycles. The number of rotatable bonds is 7. The number of halogens is 1. The number of hydrazine groups is 1. The van der Waals surface area contributed by atoms with Crippen molar-refractivity contribution in [3.05, 3.63) is 48.5 Å². The van der Waals surface area contributed by atoms with Crippen molar-refractivity contribution in [1.29, 1.82) is 5.26 Å². The summed E-state index contributed by atoms with van der Waals surface area (Å²) in [4.78, 5) is 14.6. The topological polar surface area (TPSA) is 168 Å². The van der Waals surface area contributed by atoms with Gasteiger partial charge >= 0.3 is 4.87 Å². The summed E-state index contributed by atoms with van der Waals surface area (Å²) in [6.45, 7) is 1.37. The largest absolute Gasteiger partial charge is 0.396 e. The number of ether oxygens (including phenoxy) is 1. The molecule has 180 valence electrons. The quantitative estimate of drug-likeness (QED) is 0.262. The van der Waals surface area contributed by atoms with Crippen LogP contribution in [0.1, 0.15) is 19.0 Å². The van der Waals surface area contributed by atoms with E-state index >= 15 is 0 Å². The highest BCUT2D eigenvalue weighted by molar-refractivity contribution is 9.11. The predicted molar refractivity (Wildman–Crippen MR) is 131 cm³/mol. The van der Waals surface area contributed by atoms with Crippen molar-refractivity contribution in [1.82, 2.24) is 15.4 Å². The lowest BCUT2D eigenvalue weighted by Gasteiger charge is -2.46. The number of nitrogens with one attached hydrogen (secondary N) is 2. The Morgan fingerprint density at radius 2 is 2.30 bits per heavy atom. The molecule has 6 atom stereocenters. The molecule has 1 aromatic rings. The SMILES string of the molecule is CNN(/C=C(\N)c1csc(=O)[nH]1)C1C(O)[C@@H](SC2=CCC(C)(C#N)C(Br)=C2)OC(CO)[C@@H]1O. The van der Waals surface area contributed by atoms with Gasteiger partial charge in [-0.25, -0.2) is 5.43 Å². The van der Waals surface area contributed by atoms with Gasteiger partial charge in [0.1, 0.15) is 29.8 Å². The first-order valence-electron chi connectivity index (χ1n) is 10.0. The molecule has 1 fully saturated rings. The van der Waals surface area contributed by atoms with Crippen molar-refractivity contribution in [2.24, 2.45) is 11.1 Å². The zero-order valence-electron chi connectivity index (χ0n) is 17.9. The molecule has 33 heavy (non-hydrogen) atoms. The minimum Gasteiger partial charge on any atom is -0.396 e. The Labute approximate surface area is 207 Å². The first-order valence-corrected chi connectivity index (χ1v) is 12.6. The van der Waals surface area contributed by atoms with E-state index in [1.807, 2.05) is 19.1 Å². The van der Waals surface area contributed by atoms with Gasteiger partial charge in [-0.2, -0.15) is 5.26 Å². The highest BCUT2D eigenvalue weighted by atomic mass is 79.9. The fourth-order valence-electron chi connectivity index (χ4n) is 3.50. The maximum Gasteiger partial charge on any atom is 0.304 e. The summed E-state index contributed by atoms with van der Waals surface area (Å²) in [5.41, 5.74) is 8.14. The molecule has 1 saturated heterocycles. The molecule has 0 aromatic carbocycles. The van der Waals surface area contributed by atoms with Crippen LogP contribution in [0.25, 0.3) is 5.70 Å². The second-order valence-corrected chi connectivity index (χ2v) is 10.7. The number of aliphatic hydroxyl groups excluding tert-OH is 3. The number of thioether (sulfide) groups is 1. The third kappa shape index (κ3) is 5.55. The smallest absolute Gasteiger partial charge is 0.304 e. The first-order chi connectivity index (χ1) is 15.6. The van der Waals surface area contributed by atoms with Crippen LogP contribution in [0.2, 0.25) is 0 Å². The van der Waals surface area contributed by atoms with Gasteiger partial charge in [-0.3, -0.25) is 4.79 Å². The standard InChI is InChI=1S/C20H26BrN5O5S2/c1-20(9-22)4-3-10(5-14(20)21)33-18-17(29)15(16(28)13(7-27)31-18)26(24-2)6-11(23)12-8-32-19(30)25-12/h3,5-6,8,13,15-18,24,27-29H,4,7,23H2,1-2H3,(H,25,30)/b11-6-/t13?,15?,16-,17?,18+,20?/m0/s1. The Bertz CT molecular complexity index is 1050. The van der Waals surface area contributed by atoms with Gasteiger partial charge in [0.15, 0.2) is 0 Å². The van der Waals surface area contributed by atoms with Crippen molar-refractivity contribution in [3.8, 4) is 6.07 Å². The summed E-state index contributed by atoms with van der Waals surface area (Å²) in [5.74, 6) is 0. The third-order valence-electron chi connectivity index (χ3n) is 5.54. The van der Waals surface area contributed by atoms with Crippen LogP contribution in [0.15, 0.2) is 37.9 Å². The Morgan fingerprint density at radius 1 is 1.58 bits per heavy atom. The Morgan fingerprint density at radius 3 is 2.85 bits per heavy atom. The fourth-order valence-corrected chi connectivity index (χ4v) is 5.86. The van der Waals surface area contributed by atoms with E-state index in [0.29, 0.717) is 12.1 Å². The minimum atomic E-state index is -1.25. The number of H-pyrrole nitrogens is 1. The van der Waals surface area contributed by atoms with Gasteiger partial charge in [0.05, 0.1) is 29.5 Å². The van der Waals surface area contributed by atoms with E-state index in [9.17, 15) is 25.4 Å². The molecule has 13 heteroatoms. The van der Waals surface area contributed by atoms with Crippen LogP contribution >= 0.6 is 39.0 Å². The second kappa shape index (κ2) is 10.7. The molecular formula is C20H26BrN5O5S2. The number of hydrogen-bond acceptors (Lipinski definition) is 11. The highest BCUT2D eigenvalue weighted by Crippen LogP contribution is 2.44. The number of nitriles is 1. The maximum absolute atomic E-state index is 11.4. The first kappa shape index (κ1) is 26.0. The molecule has 0 bridgehead atoms. The van der Waals surface area contributed by atoms with Crippen molar-refractivity contribution >= 4 is 44.7 Å². The number of allylic oxidation sites excluding steroid dienone is 3. The van der Waals surface area contributed by atoms with E-state index in [-0.39, 0.29) is 10.6 Å². The summed E-state index contributed by atoms with van der Waals surface area (Å²) < 4.78 is 6.53. The summed E-state index contributed by atoms with van der Waals surface area (Å²) in [5, 5.41) is 44.2. The predicted octanol–water partition coefficient (Wildman–Crippen LogP) is 0.767. The zero-order valence-corrected chi connectivity index (χ0v) is 21.2. The average molecular weight is 560 g/mol. The Hall–Kier alpha value is -1.63. The fraction of sp³-hybridized carbons (Fsp3) is 0.500. The zero-order chi connectivity index (χ0) is 24.3. The van der Waals surface area contributed by atoms with E-state index in [1.165, 1.54) is 23.0 Å². The molecule has 0 amide bonds. The molecule has 1 aliphatic heterocycles. The number of aromatic nitrogens is 1. The number of thiazole rings is 1. The van der Waals surface area contributed by atoms with Gasteiger partial charge in [0.2, 0.25) is 0 Å². The summed E-state index contributed by atoms with van der Waals surface area (Å²) in [6, 6.07) is 1.35. The van der Waals surface area contributed by atoms with Crippen LogP contribution in [-0.2, 0) is 4.74 Å². The lowest BCUT2D eigenvalue weighted by Crippen LogP contribution is -2.64. The molecule has 7 N–H and O–H groups in total. The van der Waals surface area contributed by atoms with Crippen molar-refractivity contribution in [2.45, 2.75) is 43.1 Å². The van der Waals surface area contributed by atoms with Gasteiger partial charge in [0, 0.05) is 28.0 Å². The molecule has 10 nitrogen and oxygen atoms in total. The molecule has 1 aromatic heterocycles. The molecule has 1 aliphatic carbocycles. The van der Waals surface area contributed by atoms with Gasteiger partial charge in [-0.15, -0.1) is 0 Å². The molecular weight excluding hydrogens is 534 g/mol. The molecule has 0 radical (unpaired) electrons. The van der Waals surface area contributed by atoms with Gasteiger partial charge in [-0.05, 0) is 19.4 Å². The number of aliphatic hydroxyl groups is 3. The highest BCUT2D eigenvalue weighted by Gasteiger charge is 2.47. The number of nitrogens with two attached hydrogens (primary N) is 1. The van der Waals surface area contributed by atoms with Crippen molar-refractivity contribution < 1.29 is 20.1 Å². The normalized spacial score (nSPS) is 32.6. The third-order valence-corrected chi connectivity index (χ3v) is 8.50. The van der Waals surface area contributed by atoms with Crippen LogP contribution in [0.5, 0.6) is 0 Å². The Balaban J connectivity index is 1.85. The maximum atomic E-state index is 11.4. The lowest BCUT2D eigenvalue weighted by atomic mass is 9.85. The summed E-state index contributed by atoms with van der Waals surface area (Å²) in [7, 11) is 1.59.